The number of thiophene rings is 1. The van der Waals surface area contributed by atoms with Crippen LogP contribution in [0.5, 0.6) is 0 Å². The average molecular weight is 364 g/mol. The van der Waals surface area contributed by atoms with Gasteiger partial charge in [0.25, 0.3) is 10.0 Å². The molecule has 3 rings (SSSR count). The van der Waals surface area contributed by atoms with E-state index in [1.165, 1.54) is 15.6 Å². The van der Waals surface area contributed by atoms with Crippen LogP contribution < -0.4 is 0 Å². The van der Waals surface area contributed by atoms with E-state index in [2.05, 4.69) is 0 Å². The van der Waals surface area contributed by atoms with Crippen LogP contribution in [0.25, 0.3) is 0 Å². The topological polar surface area (TPSA) is 54.5 Å². The summed E-state index contributed by atoms with van der Waals surface area (Å²) in [5.74, 6) is -0.227. The van der Waals surface area contributed by atoms with Crippen molar-refractivity contribution >= 4 is 27.1 Å². The van der Waals surface area contributed by atoms with Crippen molar-refractivity contribution < 1.29 is 13.2 Å². The minimum atomic E-state index is -3.50. The van der Waals surface area contributed by atoms with E-state index in [0.717, 1.165) is 16.9 Å². The average Bonchev–Trinajstić information content (AvgIpc) is 3.02. The Kier molecular flexibility index (Phi) is 4.90. The third-order valence-corrected chi connectivity index (χ3v) is 7.73. The number of piperidine rings is 1. The summed E-state index contributed by atoms with van der Waals surface area (Å²) in [6, 6.07) is 11.0. The van der Waals surface area contributed by atoms with Gasteiger partial charge in [-0.3, -0.25) is 4.79 Å². The lowest BCUT2D eigenvalue weighted by Crippen LogP contribution is -2.42. The molecule has 128 valence electrons. The summed E-state index contributed by atoms with van der Waals surface area (Å²) >= 11 is 1.28. The van der Waals surface area contributed by atoms with Crippen LogP contribution >= 0.6 is 11.3 Å². The molecular weight excluding hydrogens is 342 g/mol. The predicted octanol–water partition coefficient (Wildman–Crippen LogP) is 3.65. The fraction of sp³-hybridized carbons (Fsp3) is 0.389. The molecule has 1 atom stereocenters. The first-order valence-corrected chi connectivity index (χ1v) is 10.3. The number of Topliss-reactive ketones (excluding diaryl/α,β-unsaturated/α-hetero) is 1. The van der Waals surface area contributed by atoms with Crippen molar-refractivity contribution in [2.24, 2.45) is 5.92 Å². The van der Waals surface area contributed by atoms with E-state index in [0.29, 0.717) is 22.7 Å². The number of carbonyl (C=O) groups is 1. The summed E-state index contributed by atoms with van der Waals surface area (Å²) in [5, 5.41) is 0. The van der Waals surface area contributed by atoms with Crippen LogP contribution in [0.4, 0.5) is 0 Å². The molecule has 1 fully saturated rings. The van der Waals surface area contributed by atoms with Crippen LogP contribution in [0.2, 0.25) is 0 Å². The number of aryl methyl sites for hydroxylation is 2. The number of sulfonamides is 1. The maximum absolute atomic E-state index is 12.8. The van der Waals surface area contributed by atoms with E-state index < -0.39 is 10.0 Å². The van der Waals surface area contributed by atoms with E-state index in [1.807, 2.05) is 44.2 Å². The van der Waals surface area contributed by atoms with Crippen molar-refractivity contribution in [2.45, 2.75) is 30.9 Å². The van der Waals surface area contributed by atoms with Gasteiger partial charge in [-0.15, -0.1) is 11.3 Å². The van der Waals surface area contributed by atoms with E-state index in [4.69, 9.17) is 0 Å². The van der Waals surface area contributed by atoms with Gasteiger partial charge in [-0.05, 0) is 38.8 Å². The van der Waals surface area contributed by atoms with E-state index in [-0.39, 0.29) is 18.2 Å². The van der Waals surface area contributed by atoms with Crippen molar-refractivity contribution in [1.29, 1.82) is 0 Å². The minimum Gasteiger partial charge on any atom is -0.294 e. The molecule has 6 heteroatoms. The molecule has 2 aromatic rings. The smallest absolute Gasteiger partial charge is 0.252 e. The summed E-state index contributed by atoms with van der Waals surface area (Å²) in [6.07, 6.45) is 1.45. The summed E-state index contributed by atoms with van der Waals surface area (Å²) in [7, 11) is -3.50. The van der Waals surface area contributed by atoms with Crippen molar-refractivity contribution in [2.75, 3.05) is 13.1 Å². The number of hydrogen-bond donors (Lipinski definition) is 0. The van der Waals surface area contributed by atoms with Crippen LogP contribution in [0, 0.1) is 19.8 Å². The maximum Gasteiger partial charge on any atom is 0.252 e. The summed E-state index contributed by atoms with van der Waals surface area (Å²) < 4.78 is 27.4. The Morgan fingerprint density at radius 1 is 1.12 bits per heavy atom. The molecule has 4 nitrogen and oxygen atoms in total. The Labute approximate surface area is 147 Å². The number of benzene rings is 1. The Morgan fingerprint density at radius 2 is 1.83 bits per heavy atom. The van der Waals surface area contributed by atoms with Gasteiger partial charge < -0.3 is 0 Å². The van der Waals surface area contributed by atoms with E-state index in [9.17, 15) is 13.2 Å². The van der Waals surface area contributed by atoms with Crippen LogP contribution in [0.3, 0.4) is 0 Å². The van der Waals surface area contributed by atoms with Crippen molar-refractivity contribution in [3.05, 3.63) is 52.4 Å². The van der Waals surface area contributed by atoms with Gasteiger partial charge in [0, 0.05) is 29.4 Å². The molecule has 1 unspecified atom stereocenters. The van der Waals surface area contributed by atoms with Gasteiger partial charge in [-0.25, -0.2) is 8.42 Å². The maximum atomic E-state index is 12.8. The molecule has 1 aliphatic heterocycles. The second-order valence-electron chi connectivity index (χ2n) is 6.30. The fourth-order valence-electron chi connectivity index (χ4n) is 3.01. The molecule has 0 amide bonds. The van der Waals surface area contributed by atoms with Gasteiger partial charge in [0.15, 0.2) is 5.78 Å². The van der Waals surface area contributed by atoms with Crippen LogP contribution in [-0.2, 0) is 10.0 Å². The monoisotopic (exact) mass is 363 g/mol. The van der Waals surface area contributed by atoms with E-state index in [1.54, 1.807) is 6.07 Å². The molecule has 1 aromatic heterocycles. The first-order chi connectivity index (χ1) is 11.4. The molecule has 24 heavy (non-hydrogen) atoms. The quantitative estimate of drug-likeness (QED) is 0.779. The zero-order chi connectivity index (χ0) is 17.3. The summed E-state index contributed by atoms with van der Waals surface area (Å²) in [6.45, 7) is 4.62. The first-order valence-electron chi connectivity index (χ1n) is 8.05. The van der Waals surface area contributed by atoms with Crippen LogP contribution in [0.1, 0.15) is 33.6 Å². The molecule has 2 heterocycles. The Morgan fingerprint density at radius 3 is 2.46 bits per heavy atom. The van der Waals surface area contributed by atoms with Crippen molar-refractivity contribution in [3.63, 3.8) is 0 Å². The lowest BCUT2D eigenvalue weighted by atomic mass is 9.91. The molecular formula is C18H21NO3S2. The number of ketones is 1. The molecule has 0 bridgehead atoms. The number of rotatable bonds is 4. The van der Waals surface area contributed by atoms with Gasteiger partial charge in [0.1, 0.15) is 4.21 Å². The zero-order valence-corrected chi connectivity index (χ0v) is 15.5. The molecule has 0 spiro atoms. The molecule has 1 aromatic carbocycles. The third-order valence-electron chi connectivity index (χ3n) is 4.40. The van der Waals surface area contributed by atoms with Crippen molar-refractivity contribution in [3.8, 4) is 0 Å². The predicted molar refractivity (Wildman–Crippen MR) is 96.0 cm³/mol. The lowest BCUT2D eigenvalue weighted by molar-refractivity contribution is 0.0872. The first kappa shape index (κ1) is 17.3. The van der Waals surface area contributed by atoms with Gasteiger partial charge in [0.2, 0.25) is 0 Å². The zero-order valence-electron chi connectivity index (χ0n) is 13.9. The highest BCUT2D eigenvalue weighted by atomic mass is 32.2. The van der Waals surface area contributed by atoms with Gasteiger partial charge in [-0.2, -0.15) is 4.31 Å². The number of hydrogen-bond acceptors (Lipinski definition) is 4. The van der Waals surface area contributed by atoms with E-state index >= 15 is 0 Å². The fourth-order valence-corrected chi connectivity index (χ4v) is 5.97. The normalized spacial score (nSPS) is 19.3. The second kappa shape index (κ2) is 6.78. The standard InChI is InChI=1S/C18H21NO3S2/c1-13-5-8-15(9-6-13)18(20)16-4-3-11-19(12-16)24(21,22)17-10-7-14(2)23-17/h5-10,16H,3-4,11-12H2,1-2H3. The molecule has 1 saturated heterocycles. The Bertz CT molecular complexity index is 837. The SMILES string of the molecule is Cc1ccc(C(=O)C2CCCN(S(=O)(=O)c3ccc(C)s3)C2)cc1. The molecule has 0 radical (unpaired) electrons. The van der Waals surface area contributed by atoms with Crippen LogP contribution in [-0.4, -0.2) is 31.6 Å². The molecule has 0 saturated carbocycles. The largest absolute Gasteiger partial charge is 0.294 e. The molecule has 1 aliphatic rings. The van der Waals surface area contributed by atoms with Gasteiger partial charge >= 0.3 is 0 Å². The minimum absolute atomic E-state index is 0.0391. The highest BCUT2D eigenvalue weighted by molar-refractivity contribution is 7.91. The highest BCUT2D eigenvalue weighted by Gasteiger charge is 2.34. The molecule has 0 aliphatic carbocycles. The number of carbonyl (C=O) groups excluding carboxylic acids is 1. The third kappa shape index (κ3) is 3.45. The second-order valence-corrected chi connectivity index (χ2v) is 9.75. The lowest BCUT2D eigenvalue weighted by Gasteiger charge is -2.30. The van der Waals surface area contributed by atoms with Gasteiger partial charge in [-0.1, -0.05) is 29.8 Å². The van der Waals surface area contributed by atoms with Gasteiger partial charge in [0.05, 0.1) is 0 Å². The molecule has 0 N–H and O–H groups in total. The Balaban J connectivity index is 1.79. The van der Waals surface area contributed by atoms with Crippen LogP contribution in [0.15, 0.2) is 40.6 Å². The summed E-state index contributed by atoms with van der Waals surface area (Å²) in [5.41, 5.74) is 1.77. The number of nitrogens with zero attached hydrogens (tertiary/aromatic N) is 1. The Hall–Kier alpha value is -1.50. The summed E-state index contributed by atoms with van der Waals surface area (Å²) in [4.78, 5) is 13.7. The van der Waals surface area contributed by atoms with Crippen molar-refractivity contribution in [1.82, 2.24) is 4.31 Å². The highest BCUT2D eigenvalue weighted by Crippen LogP contribution is 2.29.